The van der Waals surface area contributed by atoms with E-state index in [2.05, 4.69) is 72.8 Å². The Morgan fingerprint density at radius 3 is 1.05 bits per heavy atom. The van der Waals surface area contributed by atoms with Gasteiger partial charge in [0.15, 0.2) is 17.5 Å². The van der Waals surface area contributed by atoms with Crippen molar-refractivity contribution in [3.63, 3.8) is 0 Å². The maximum atomic E-state index is 4.81. The van der Waals surface area contributed by atoms with Crippen LogP contribution in [0.25, 0.3) is 45.3 Å². The summed E-state index contributed by atoms with van der Waals surface area (Å²) in [6.45, 7) is 0. The first kappa shape index (κ1) is 27.8. The van der Waals surface area contributed by atoms with Crippen LogP contribution in [0.5, 0.6) is 0 Å². The highest BCUT2D eigenvalue weighted by Gasteiger charge is 2.12. The number of rotatable bonds is 6. The summed E-state index contributed by atoms with van der Waals surface area (Å²) in [5.41, 5.74) is 5.21. The predicted octanol–water partition coefficient (Wildman–Crippen LogP) is 10.4. The second kappa shape index (κ2) is 14.0. The maximum Gasteiger partial charge on any atom is 0.164 e. The molecule has 4 heteroatoms. The molecule has 3 nitrogen and oxygen atoms in total. The van der Waals surface area contributed by atoms with Crippen molar-refractivity contribution >= 4 is 11.8 Å². The van der Waals surface area contributed by atoms with Crippen molar-refractivity contribution in [3.05, 3.63) is 176 Å². The van der Waals surface area contributed by atoms with Crippen molar-refractivity contribution in [3.8, 4) is 45.3 Å². The molecule has 43 heavy (non-hydrogen) atoms. The Labute approximate surface area is 257 Å². The molecular weight excluding hydrogens is 543 g/mol. The topological polar surface area (TPSA) is 38.7 Å². The zero-order valence-corrected chi connectivity index (χ0v) is 24.3. The van der Waals surface area contributed by atoms with Crippen LogP contribution in [0.1, 0.15) is 0 Å². The molecular formula is C39H29N3S. The van der Waals surface area contributed by atoms with Gasteiger partial charge in [-0.3, -0.25) is 0 Å². The van der Waals surface area contributed by atoms with E-state index in [9.17, 15) is 0 Å². The standard InChI is InChI=1S/C27H19N3.C12H10S/c1-4-11-20(12-5-1)23-17-10-18-24(19-23)27-29-25(21-13-6-2-7-14-21)28-26(30-27)22-15-8-3-9-16-22;1-3-7-11(8-4-1)13-12-9-5-2-6-10-12/h1-19H;1-10H. The molecule has 0 N–H and O–H groups in total. The molecule has 0 bridgehead atoms. The van der Waals surface area contributed by atoms with Gasteiger partial charge in [-0.15, -0.1) is 0 Å². The number of nitrogens with zero attached hydrogens (tertiary/aromatic N) is 3. The van der Waals surface area contributed by atoms with Crippen LogP contribution in [-0.4, -0.2) is 15.0 Å². The molecule has 0 aliphatic carbocycles. The minimum atomic E-state index is 0.667. The lowest BCUT2D eigenvalue weighted by atomic mass is 10.0. The van der Waals surface area contributed by atoms with Crippen LogP contribution in [-0.2, 0) is 0 Å². The highest BCUT2D eigenvalue weighted by atomic mass is 32.2. The number of hydrogen-bond donors (Lipinski definition) is 0. The molecule has 1 aromatic heterocycles. The van der Waals surface area contributed by atoms with Gasteiger partial charge in [-0.05, 0) is 41.5 Å². The molecule has 7 aromatic rings. The largest absolute Gasteiger partial charge is 0.208 e. The average Bonchev–Trinajstić information content (AvgIpc) is 3.10. The Morgan fingerprint density at radius 1 is 0.279 bits per heavy atom. The Morgan fingerprint density at radius 2 is 0.605 bits per heavy atom. The zero-order valence-electron chi connectivity index (χ0n) is 23.5. The monoisotopic (exact) mass is 571 g/mol. The first-order chi connectivity index (χ1) is 21.3. The molecule has 6 aromatic carbocycles. The lowest BCUT2D eigenvalue weighted by Gasteiger charge is -2.09. The summed E-state index contributed by atoms with van der Waals surface area (Å²) < 4.78 is 0. The summed E-state index contributed by atoms with van der Waals surface area (Å²) in [7, 11) is 0. The van der Waals surface area contributed by atoms with Gasteiger partial charge in [-0.1, -0.05) is 157 Å². The van der Waals surface area contributed by atoms with E-state index in [0.717, 1.165) is 22.3 Å². The van der Waals surface area contributed by atoms with Crippen LogP contribution in [0, 0.1) is 0 Å². The normalized spacial score (nSPS) is 10.4. The van der Waals surface area contributed by atoms with Gasteiger partial charge in [0, 0.05) is 26.5 Å². The van der Waals surface area contributed by atoms with E-state index < -0.39 is 0 Å². The van der Waals surface area contributed by atoms with Crippen molar-refractivity contribution < 1.29 is 0 Å². The van der Waals surface area contributed by atoms with E-state index in [1.54, 1.807) is 11.8 Å². The fraction of sp³-hybridized carbons (Fsp3) is 0. The van der Waals surface area contributed by atoms with Crippen molar-refractivity contribution in [2.75, 3.05) is 0 Å². The molecule has 0 fully saturated rings. The van der Waals surface area contributed by atoms with Crippen molar-refractivity contribution in [2.45, 2.75) is 9.79 Å². The number of benzene rings is 6. The van der Waals surface area contributed by atoms with Crippen molar-refractivity contribution in [1.29, 1.82) is 0 Å². The van der Waals surface area contributed by atoms with Gasteiger partial charge in [0.05, 0.1) is 0 Å². The van der Waals surface area contributed by atoms with Gasteiger partial charge in [0.25, 0.3) is 0 Å². The third-order valence-electron chi connectivity index (χ3n) is 6.65. The van der Waals surface area contributed by atoms with E-state index in [4.69, 9.17) is 15.0 Å². The fourth-order valence-corrected chi connectivity index (χ4v) is 5.38. The van der Waals surface area contributed by atoms with E-state index in [1.807, 2.05) is 103 Å². The minimum absolute atomic E-state index is 0.667. The van der Waals surface area contributed by atoms with Crippen LogP contribution in [0.4, 0.5) is 0 Å². The zero-order chi connectivity index (χ0) is 29.1. The summed E-state index contributed by atoms with van der Waals surface area (Å²) in [5.74, 6) is 2.01. The average molecular weight is 572 g/mol. The van der Waals surface area contributed by atoms with E-state index in [-0.39, 0.29) is 0 Å². The smallest absolute Gasteiger partial charge is 0.164 e. The Bertz CT molecular complexity index is 1770. The molecule has 0 aliphatic heterocycles. The van der Waals surface area contributed by atoms with E-state index in [0.29, 0.717) is 17.5 Å². The lowest BCUT2D eigenvalue weighted by Crippen LogP contribution is -2.00. The minimum Gasteiger partial charge on any atom is -0.208 e. The molecule has 0 radical (unpaired) electrons. The van der Waals surface area contributed by atoms with Crippen molar-refractivity contribution in [1.82, 2.24) is 15.0 Å². The lowest BCUT2D eigenvalue weighted by molar-refractivity contribution is 1.07. The van der Waals surface area contributed by atoms with Crippen LogP contribution >= 0.6 is 11.8 Å². The molecule has 7 rings (SSSR count). The second-order valence-corrected chi connectivity index (χ2v) is 10.9. The van der Waals surface area contributed by atoms with Crippen LogP contribution in [0.2, 0.25) is 0 Å². The highest BCUT2D eigenvalue weighted by Crippen LogP contribution is 2.28. The molecule has 0 spiro atoms. The van der Waals surface area contributed by atoms with Crippen molar-refractivity contribution in [2.24, 2.45) is 0 Å². The molecule has 206 valence electrons. The Kier molecular flexibility index (Phi) is 9.08. The molecule has 0 unspecified atom stereocenters. The van der Waals surface area contributed by atoms with Gasteiger partial charge in [0.2, 0.25) is 0 Å². The van der Waals surface area contributed by atoms with Crippen LogP contribution in [0.3, 0.4) is 0 Å². The first-order valence-electron chi connectivity index (χ1n) is 14.1. The predicted molar refractivity (Wildman–Crippen MR) is 179 cm³/mol. The maximum absolute atomic E-state index is 4.81. The number of hydrogen-bond acceptors (Lipinski definition) is 4. The molecule has 0 aliphatic rings. The Hall–Kier alpha value is -5.32. The summed E-state index contributed by atoms with van der Waals surface area (Å²) in [6.07, 6.45) is 0. The van der Waals surface area contributed by atoms with E-state index in [1.165, 1.54) is 15.4 Å². The summed E-state index contributed by atoms with van der Waals surface area (Å²) >= 11 is 1.79. The van der Waals surface area contributed by atoms with Gasteiger partial charge in [-0.2, -0.15) is 0 Å². The molecule has 0 atom stereocenters. The van der Waals surface area contributed by atoms with Crippen LogP contribution < -0.4 is 0 Å². The van der Waals surface area contributed by atoms with Gasteiger partial charge >= 0.3 is 0 Å². The first-order valence-corrected chi connectivity index (χ1v) is 14.9. The SMILES string of the molecule is c1ccc(-c2cccc(-c3nc(-c4ccccc4)nc(-c4ccccc4)n3)c2)cc1.c1ccc(Sc2ccccc2)cc1. The second-order valence-electron chi connectivity index (χ2n) is 9.71. The highest BCUT2D eigenvalue weighted by molar-refractivity contribution is 7.99. The van der Waals surface area contributed by atoms with Gasteiger partial charge in [0.1, 0.15) is 0 Å². The molecule has 0 saturated heterocycles. The third kappa shape index (κ3) is 7.50. The molecule has 1 heterocycles. The van der Waals surface area contributed by atoms with Crippen LogP contribution in [0.15, 0.2) is 186 Å². The van der Waals surface area contributed by atoms with Gasteiger partial charge < -0.3 is 0 Å². The molecule has 0 saturated carbocycles. The number of aromatic nitrogens is 3. The summed E-state index contributed by atoms with van der Waals surface area (Å²) in [5, 5.41) is 0. The summed E-state index contributed by atoms with van der Waals surface area (Å²) in [4.78, 5) is 17.0. The van der Waals surface area contributed by atoms with Gasteiger partial charge in [-0.25, -0.2) is 15.0 Å². The molecule has 0 amide bonds. The Balaban J connectivity index is 0.000000211. The van der Waals surface area contributed by atoms with E-state index >= 15 is 0 Å². The quantitative estimate of drug-likeness (QED) is 0.199. The third-order valence-corrected chi connectivity index (χ3v) is 7.67. The summed E-state index contributed by atoms with van der Waals surface area (Å²) in [6, 6.07) is 59.5. The fourth-order valence-electron chi connectivity index (χ4n) is 4.52.